The normalized spacial score (nSPS) is 15.6. The first kappa shape index (κ1) is 20.3. The van der Waals surface area contributed by atoms with Crippen LogP contribution in [-0.4, -0.2) is 25.3 Å². The van der Waals surface area contributed by atoms with E-state index in [-0.39, 0.29) is 17.7 Å². The van der Waals surface area contributed by atoms with Crippen LogP contribution in [0.15, 0.2) is 18.2 Å². The number of aliphatic carboxylic acids is 1. The van der Waals surface area contributed by atoms with Crippen LogP contribution in [0.4, 0.5) is 10.1 Å². The minimum Gasteiger partial charge on any atom is -0.598 e. The van der Waals surface area contributed by atoms with Gasteiger partial charge >= 0.3 is 5.97 Å². The molecule has 0 bridgehead atoms. The molecule has 9 heteroatoms. The van der Waals surface area contributed by atoms with Gasteiger partial charge in [0, 0.05) is 29.1 Å². The number of nitrogens with one attached hydrogen (secondary N) is 1. The van der Waals surface area contributed by atoms with Gasteiger partial charge in [-0.15, -0.1) is 4.72 Å². The van der Waals surface area contributed by atoms with Crippen LogP contribution in [0.25, 0.3) is 0 Å². The third-order valence-electron chi connectivity index (χ3n) is 3.58. The van der Waals surface area contributed by atoms with E-state index in [0.717, 1.165) is 18.2 Å². The van der Waals surface area contributed by atoms with E-state index in [4.69, 9.17) is 0 Å². The maximum absolute atomic E-state index is 14.4. The quantitative estimate of drug-likeness (QED) is 0.439. The number of carbonyl (C=O) groups is 1. The Morgan fingerprint density at radius 3 is 2.42 bits per heavy atom. The van der Waals surface area contributed by atoms with E-state index in [2.05, 4.69) is 4.72 Å². The summed E-state index contributed by atoms with van der Waals surface area (Å²) < 4.78 is 28.8. The van der Waals surface area contributed by atoms with Gasteiger partial charge in [-0.2, -0.15) is 0 Å². The number of nitro groups is 1. The molecule has 134 valence electrons. The fourth-order valence-electron chi connectivity index (χ4n) is 2.16. The second-order valence-corrected chi connectivity index (χ2v) is 8.38. The highest BCUT2D eigenvalue weighted by molar-refractivity contribution is 7.90. The number of hydrogen-bond acceptors (Lipinski definition) is 5. The predicted molar refractivity (Wildman–Crippen MR) is 88.3 cm³/mol. The van der Waals surface area contributed by atoms with Gasteiger partial charge in [-0.3, -0.25) is 14.9 Å². The van der Waals surface area contributed by atoms with Gasteiger partial charge < -0.3 is 9.66 Å². The number of rotatable bonds is 7. The summed E-state index contributed by atoms with van der Waals surface area (Å²) in [7, 11) is 0. The van der Waals surface area contributed by atoms with Gasteiger partial charge in [0.25, 0.3) is 5.69 Å². The molecule has 0 aromatic heterocycles. The molecule has 2 N–H and O–H groups in total. The van der Waals surface area contributed by atoms with Crippen molar-refractivity contribution in [3.8, 4) is 0 Å². The lowest BCUT2D eigenvalue weighted by atomic mass is 9.84. The molecule has 7 nitrogen and oxygen atoms in total. The molecule has 1 aromatic carbocycles. The van der Waals surface area contributed by atoms with Crippen molar-refractivity contribution < 1.29 is 23.8 Å². The minimum atomic E-state index is -1.70. The molecular formula is C15H21FN2O5S. The van der Waals surface area contributed by atoms with Crippen LogP contribution in [0.3, 0.4) is 0 Å². The third-order valence-corrected chi connectivity index (χ3v) is 5.27. The highest BCUT2D eigenvalue weighted by Gasteiger charge is 2.43. The standard InChI is InChI=1S/C15H21FN2O5S/c1-5-15(9-13(19)20,17-24(23)14(2,3)4)11-8-10(18(21)22)6-7-12(11)16/h6-8,17H,5,9H2,1-4H3,(H,19,20)/t15-,24-/m1/s1. The summed E-state index contributed by atoms with van der Waals surface area (Å²) in [5.41, 5.74) is -2.07. The van der Waals surface area contributed by atoms with Gasteiger partial charge in [-0.05, 0) is 33.3 Å². The summed E-state index contributed by atoms with van der Waals surface area (Å²) in [6.07, 6.45) is -0.484. The second kappa shape index (κ2) is 7.45. The van der Waals surface area contributed by atoms with Crippen molar-refractivity contribution in [2.75, 3.05) is 0 Å². The topological polar surface area (TPSA) is 116 Å². The molecular weight excluding hydrogens is 339 g/mol. The molecule has 1 rings (SSSR count). The minimum absolute atomic E-state index is 0.0825. The second-order valence-electron chi connectivity index (χ2n) is 6.41. The van der Waals surface area contributed by atoms with Gasteiger partial charge in [-0.1, -0.05) is 6.92 Å². The summed E-state index contributed by atoms with van der Waals surface area (Å²) in [4.78, 5) is 21.6. The lowest BCUT2D eigenvalue weighted by Crippen LogP contribution is -2.52. The maximum Gasteiger partial charge on any atom is 0.305 e. The van der Waals surface area contributed by atoms with E-state index in [9.17, 15) is 29.0 Å². The number of hydrogen-bond donors (Lipinski definition) is 2. The van der Waals surface area contributed by atoms with Crippen LogP contribution in [0.5, 0.6) is 0 Å². The lowest BCUT2D eigenvalue weighted by molar-refractivity contribution is -0.385. The van der Waals surface area contributed by atoms with Gasteiger partial charge in [0.15, 0.2) is 0 Å². The fourth-order valence-corrected chi connectivity index (χ4v) is 3.14. The molecule has 0 spiro atoms. The van der Waals surface area contributed by atoms with Crippen LogP contribution >= 0.6 is 0 Å². The van der Waals surface area contributed by atoms with Crippen LogP contribution in [0, 0.1) is 15.9 Å². The molecule has 0 unspecified atom stereocenters. The van der Waals surface area contributed by atoms with Crippen molar-refractivity contribution >= 4 is 23.0 Å². The molecule has 0 saturated heterocycles. The van der Waals surface area contributed by atoms with E-state index in [1.165, 1.54) is 0 Å². The Hall–Kier alpha value is -1.71. The van der Waals surface area contributed by atoms with Crippen molar-refractivity contribution in [1.29, 1.82) is 0 Å². The van der Waals surface area contributed by atoms with E-state index in [1.807, 2.05) is 0 Å². The van der Waals surface area contributed by atoms with E-state index < -0.39 is 44.8 Å². The molecule has 0 aliphatic rings. The van der Waals surface area contributed by atoms with Gasteiger partial charge in [0.05, 0.1) is 11.3 Å². The molecule has 0 fully saturated rings. The zero-order valence-electron chi connectivity index (χ0n) is 14.0. The van der Waals surface area contributed by atoms with Crippen molar-refractivity contribution in [3.05, 3.63) is 39.7 Å². The van der Waals surface area contributed by atoms with Crippen LogP contribution in [0.2, 0.25) is 0 Å². The number of nitro benzene ring substituents is 1. The number of halogens is 1. The Kier molecular flexibility index (Phi) is 6.32. The zero-order chi connectivity index (χ0) is 18.7. The number of nitrogens with zero attached hydrogens (tertiary/aromatic N) is 1. The van der Waals surface area contributed by atoms with Gasteiger partial charge in [0.2, 0.25) is 0 Å². The zero-order valence-corrected chi connectivity index (χ0v) is 14.8. The molecule has 0 saturated carbocycles. The van der Waals surface area contributed by atoms with Crippen molar-refractivity contribution in [2.45, 2.75) is 50.8 Å². The third kappa shape index (κ3) is 4.65. The van der Waals surface area contributed by atoms with E-state index in [0.29, 0.717) is 0 Å². The molecule has 1 aromatic rings. The first-order valence-corrected chi connectivity index (χ1v) is 8.44. The fraction of sp³-hybridized carbons (Fsp3) is 0.533. The van der Waals surface area contributed by atoms with E-state index in [1.54, 1.807) is 27.7 Å². The number of carboxylic acids is 1. The number of non-ortho nitro benzene ring substituents is 1. The molecule has 2 atom stereocenters. The predicted octanol–water partition coefficient (Wildman–Crippen LogP) is 2.87. The number of carboxylic acid groups (broad SMARTS) is 1. The maximum atomic E-state index is 14.4. The van der Waals surface area contributed by atoms with Crippen LogP contribution < -0.4 is 4.72 Å². The Bertz CT molecular complexity index is 635. The molecule has 0 aliphatic heterocycles. The monoisotopic (exact) mass is 360 g/mol. The summed E-state index contributed by atoms with van der Waals surface area (Å²) in [6, 6.07) is 2.91. The summed E-state index contributed by atoms with van der Waals surface area (Å²) in [5.74, 6) is -2.02. The molecule has 0 amide bonds. The van der Waals surface area contributed by atoms with Crippen molar-refractivity contribution in [1.82, 2.24) is 4.72 Å². The average Bonchev–Trinajstić information content (AvgIpc) is 2.45. The molecule has 0 heterocycles. The number of benzene rings is 1. The smallest absolute Gasteiger partial charge is 0.305 e. The van der Waals surface area contributed by atoms with Crippen molar-refractivity contribution in [3.63, 3.8) is 0 Å². The molecule has 0 aliphatic carbocycles. The largest absolute Gasteiger partial charge is 0.598 e. The Labute approximate surface area is 142 Å². The summed E-state index contributed by atoms with van der Waals surface area (Å²) >= 11 is -1.70. The average molecular weight is 360 g/mol. The molecule has 24 heavy (non-hydrogen) atoms. The Balaban J connectivity index is 3.50. The lowest BCUT2D eigenvalue weighted by Gasteiger charge is -2.36. The Morgan fingerprint density at radius 1 is 1.42 bits per heavy atom. The first-order chi connectivity index (χ1) is 10.9. The van der Waals surface area contributed by atoms with Gasteiger partial charge in [0.1, 0.15) is 16.1 Å². The highest BCUT2D eigenvalue weighted by Crippen LogP contribution is 2.35. The Morgan fingerprint density at radius 2 is 2.00 bits per heavy atom. The summed E-state index contributed by atoms with van der Waals surface area (Å²) in [6.45, 7) is 6.65. The van der Waals surface area contributed by atoms with Crippen LogP contribution in [0.1, 0.15) is 46.1 Å². The van der Waals surface area contributed by atoms with Gasteiger partial charge in [-0.25, -0.2) is 4.39 Å². The summed E-state index contributed by atoms with van der Waals surface area (Å²) in [5, 5.41) is 20.2. The first-order valence-electron chi connectivity index (χ1n) is 7.29. The van der Waals surface area contributed by atoms with E-state index >= 15 is 0 Å². The molecule has 0 radical (unpaired) electrons. The highest BCUT2D eigenvalue weighted by atomic mass is 32.2. The van der Waals surface area contributed by atoms with Crippen LogP contribution in [-0.2, 0) is 21.7 Å². The van der Waals surface area contributed by atoms with Crippen molar-refractivity contribution in [2.24, 2.45) is 0 Å². The SMILES string of the molecule is CC[C@](CC(=O)O)(N[S@+]([O-])C(C)(C)C)c1cc([N+](=O)[O-])ccc1F.